The molecule has 5 N–H and O–H groups in total. The molecule has 12 heteroatoms. The van der Waals surface area contributed by atoms with Crippen LogP contribution in [0.2, 0.25) is 0 Å². The van der Waals surface area contributed by atoms with Crippen molar-refractivity contribution in [2.24, 2.45) is 5.92 Å². The fraction of sp³-hybridized carbons (Fsp3) is 0.400. The second kappa shape index (κ2) is 7.57. The summed E-state index contributed by atoms with van der Waals surface area (Å²) in [4.78, 5) is 37.8. The molecule has 0 bridgehead atoms. The van der Waals surface area contributed by atoms with Crippen molar-refractivity contribution in [3.63, 3.8) is 0 Å². The molecule has 12 nitrogen and oxygen atoms in total. The van der Waals surface area contributed by atoms with E-state index in [0.717, 1.165) is 18.4 Å². The number of carbonyl (C=O) groups excluding carboxylic acids is 2. The number of amides is 1. The molecule has 2 aromatic rings. The van der Waals surface area contributed by atoms with E-state index in [-0.39, 0.29) is 49.1 Å². The Balaban J connectivity index is 1.32. The van der Waals surface area contributed by atoms with E-state index >= 15 is 0 Å². The van der Waals surface area contributed by atoms with Crippen molar-refractivity contribution in [3.8, 4) is 11.5 Å². The number of nitrogens with one attached hydrogen (secondary N) is 2. The van der Waals surface area contributed by atoms with E-state index < -0.39 is 30.2 Å². The average molecular weight is 509 g/mol. The van der Waals surface area contributed by atoms with E-state index in [9.17, 15) is 29.7 Å². The minimum absolute atomic E-state index is 0.0104. The number of esters is 1. The highest BCUT2D eigenvalue weighted by atomic mass is 17.0. The molecule has 37 heavy (non-hydrogen) atoms. The summed E-state index contributed by atoms with van der Waals surface area (Å²) in [5.41, 5.74) is 4.21. The van der Waals surface area contributed by atoms with Gasteiger partial charge in [0.15, 0.2) is 11.5 Å². The Kier molecular flexibility index (Phi) is 4.57. The number of aliphatic hydroxyl groups excluding tert-OH is 1. The highest BCUT2D eigenvalue weighted by molar-refractivity contribution is 5.89. The number of cyclic esters (lactones) is 1. The molecule has 7 rings (SSSR count). The lowest BCUT2D eigenvalue weighted by molar-refractivity contribution is -0.385. The minimum Gasteiger partial charge on any atom is -0.460 e. The maximum atomic E-state index is 13.3. The molecule has 0 spiro atoms. The fourth-order valence-corrected chi connectivity index (χ4v) is 5.54. The molecular formula is C25H23N3O9. The first-order chi connectivity index (χ1) is 17.7. The van der Waals surface area contributed by atoms with Crippen LogP contribution in [0.1, 0.15) is 41.3 Å². The number of fused-ring (bicyclic) bond motifs is 6. The zero-order chi connectivity index (χ0) is 25.6. The van der Waals surface area contributed by atoms with Gasteiger partial charge >= 0.3 is 12.1 Å². The monoisotopic (exact) mass is 509 g/mol. The summed E-state index contributed by atoms with van der Waals surface area (Å²) in [6.07, 6.45) is -2.27. The van der Waals surface area contributed by atoms with Crippen molar-refractivity contribution < 1.29 is 39.1 Å². The summed E-state index contributed by atoms with van der Waals surface area (Å²) >= 11 is 0. The predicted molar refractivity (Wildman–Crippen MR) is 124 cm³/mol. The Labute approximate surface area is 209 Å². The number of benzene rings is 1. The van der Waals surface area contributed by atoms with Crippen molar-refractivity contribution in [3.05, 3.63) is 56.5 Å². The normalized spacial score (nSPS) is 22.8. The molecule has 5 aliphatic rings. The molecule has 4 aliphatic heterocycles. The van der Waals surface area contributed by atoms with Crippen LogP contribution in [-0.2, 0) is 33.9 Å². The molecule has 1 saturated carbocycles. The lowest BCUT2D eigenvalue weighted by Crippen LogP contribution is -2.37. The SMILES string of the molecule is O=C1Cc2cc3n(c(=O)c2CO1)CC1=C(CNC(=O)C(O)C2CC2)c2cc4c(cc2NC13)OC(O)(O)O4. The van der Waals surface area contributed by atoms with Crippen LogP contribution in [0, 0.1) is 5.92 Å². The van der Waals surface area contributed by atoms with Gasteiger partial charge in [-0.05, 0) is 47.6 Å². The van der Waals surface area contributed by atoms with Gasteiger partial charge in [-0.1, -0.05) is 0 Å². The quantitative estimate of drug-likeness (QED) is 0.271. The largest absolute Gasteiger partial charge is 0.505 e. The minimum atomic E-state index is -2.80. The maximum absolute atomic E-state index is 13.3. The number of hydrogen-bond acceptors (Lipinski definition) is 10. The first-order valence-electron chi connectivity index (χ1n) is 12.0. The summed E-state index contributed by atoms with van der Waals surface area (Å²) in [6.45, 7) is 0.232. The van der Waals surface area contributed by atoms with Gasteiger partial charge in [0.1, 0.15) is 12.7 Å². The predicted octanol–water partition coefficient (Wildman–Crippen LogP) is -0.364. The highest BCUT2D eigenvalue weighted by Gasteiger charge is 2.42. The van der Waals surface area contributed by atoms with Crippen LogP contribution in [0.3, 0.4) is 0 Å². The summed E-state index contributed by atoms with van der Waals surface area (Å²) in [7, 11) is 0. The zero-order valence-electron chi connectivity index (χ0n) is 19.4. The summed E-state index contributed by atoms with van der Waals surface area (Å²) in [5.74, 6) is -0.695. The number of pyridine rings is 1. The first kappa shape index (κ1) is 22.3. The van der Waals surface area contributed by atoms with Crippen molar-refractivity contribution >= 4 is 23.1 Å². The summed E-state index contributed by atoms with van der Waals surface area (Å²) in [5, 5.41) is 36.1. The number of carbonyl (C=O) groups is 2. The van der Waals surface area contributed by atoms with Crippen LogP contribution in [0.4, 0.5) is 5.69 Å². The summed E-state index contributed by atoms with van der Waals surface area (Å²) < 4.78 is 16.9. The van der Waals surface area contributed by atoms with Crippen molar-refractivity contribution in [1.82, 2.24) is 9.88 Å². The van der Waals surface area contributed by atoms with Crippen molar-refractivity contribution in [2.75, 3.05) is 11.9 Å². The zero-order valence-corrected chi connectivity index (χ0v) is 19.4. The highest BCUT2D eigenvalue weighted by Crippen LogP contribution is 2.49. The number of aliphatic hydroxyl groups is 3. The smallest absolute Gasteiger partial charge is 0.460 e. The molecule has 0 saturated heterocycles. The summed E-state index contributed by atoms with van der Waals surface area (Å²) in [6, 6.07) is 4.53. The lowest BCUT2D eigenvalue weighted by Gasteiger charge is -2.29. The average Bonchev–Trinajstić information content (AvgIpc) is 3.57. The lowest BCUT2D eigenvalue weighted by atomic mass is 9.89. The van der Waals surface area contributed by atoms with Crippen LogP contribution >= 0.6 is 0 Å². The molecule has 2 atom stereocenters. The Morgan fingerprint density at radius 1 is 1.19 bits per heavy atom. The number of anilines is 1. The number of nitrogens with zero attached hydrogens (tertiary/aromatic N) is 1. The molecule has 1 fully saturated rings. The van der Waals surface area contributed by atoms with Gasteiger partial charge in [0.05, 0.1) is 18.0 Å². The molecule has 1 amide bonds. The Bertz CT molecular complexity index is 1490. The van der Waals surface area contributed by atoms with Gasteiger partial charge in [-0.25, -0.2) is 0 Å². The Hall–Kier alpha value is -3.87. The third-order valence-electron chi connectivity index (χ3n) is 7.57. The Morgan fingerprint density at radius 3 is 2.70 bits per heavy atom. The van der Waals surface area contributed by atoms with Crippen molar-refractivity contribution in [2.45, 2.75) is 50.7 Å². The van der Waals surface area contributed by atoms with Gasteiger partial charge in [-0.2, -0.15) is 0 Å². The van der Waals surface area contributed by atoms with E-state index in [0.29, 0.717) is 33.6 Å². The molecule has 192 valence electrons. The van der Waals surface area contributed by atoms with Crippen LogP contribution in [0.5, 0.6) is 11.5 Å². The number of ether oxygens (including phenoxy) is 3. The van der Waals surface area contributed by atoms with E-state index in [2.05, 4.69) is 10.6 Å². The van der Waals surface area contributed by atoms with Crippen LogP contribution < -0.4 is 25.7 Å². The van der Waals surface area contributed by atoms with E-state index in [4.69, 9.17) is 14.2 Å². The van der Waals surface area contributed by atoms with Gasteiger partial charge < -0.3 is 34.5 Å². The van der Waals surface area contributed by atoms with E-state index in [1.54, 1.807) is 16.7 Å². The fourth-order valence-electron chi connectivity index (χ4n) is 5.54. The molecule has 5 heterocycles. The molecular weight excluding hydrogens is 486 g/mol. The molecule has 1 aromatic carbocycles. The number of hydrogen-bond donors (Lipinski definition) is 5. The second-order valence-corrected chi connectivity index (χ2v) is 9.98. The topological polar surface area (TPSA) is 169 Å². The second-order valence-electron chi connectivity index (χ2n) is 9.98. The third-order valence-corrected chi connectivity index (χ3v) is 7.57. The molecule has 2 unspecified atom stereocenters. The van der Waals surface area contributed by atoms with E-state index in [1.165, 1.54) is 0 Å². The van der Waals surface area contributed by atoms with Crippen LogP contribution in [0.25, 0.3) is 5.57 Å². The molecule has 1 aromatic heterocycles. The molecule has 1 aliphatic carbocycles. The first-order valence-corrected chi connectivity index (χ1v) is 12.0. The van der Waals surface area contributed by atoms with Crippen LogP contribution in [-0.4, -0.2) is 50.6 Å². The standard InChI is InChI=1S/C25H23N3O9/c29-20-4-11-3-17-21-14(8-28(17)24(32)15(11)9-35-20)13(7-26-23(31)22(30)10-1-2-10)12-5-18-19(6-16(12)27-21)37-25(33,34)36-18/h3,5-6,10,21-22,27,30,33-34H,1-2,4,7-9H2,(H,26,31). The van der Waals surface area contributed by atoms with Crippen LogP contribution in [0.15, 0.2) is 28.6 Å². The van der Waals surface area contributed by atoms with Gasteiger partial charge in [0.2, 0.25) is 5.91 Å². The Morgan fingerprint density at radius 2 is 1.95 bits per heavy atom. The van der Waals surface area contributed by atoms with E-state index in [1.807, 2.05) is 6.07 Å². The van der Waals surface area contributed by atoms with Gasteiger partial charge in [0.25, 0.3) is 5.56 Å². The van der Waals surface area contributed by atoms with Gasteiger partial charge in [-0.15, -0.1) is 0 Å². The molecule has 0 radical (unpaired) electrons. The van der Waals surface area contributed by atoms with Gasteiger partial charge in [0, 0.05) is 36.1 Å². The number of rotatable bonds is 4. The van der Waals surface area contributed by atoms with Gasteiger partial charge in [-0.3, -0.25) is 24.6 Å². The maximum Gasteiger partial charge on any atom is 0.505 e. The third kappa shape index (κ3) is 3.51. The number of aromatic nitrogens is 1. The van der Waals surface area contributed by atoms with Crippen molar-refractivity contribution in [1.29, 1.82) is 0 Å².